The van der Waals surface area contributed by atoms with E-state index in [2.05, 4.69) is 9.97 Å². The Hall–Kier alpha value is -3.44. The maximum absolute atomic E-state index is 13.5. The van der Waals surface area contributed by atoms with Gasteiger partial charge in [0, 0.05) is 22.9 Å². The third-order valence-electron chi connectivity index (χ3n) is 4.85. The second kappa shape index (κ2) is 9.37. The fourth-order valence-corrected chi connectivity index (χ4v) is 4.72. The van der Waals surface area contributed by atoms with Gasteiger partial charge in [0.25, 0.3) is 11.5 Å². The van der Waals surface area contributed by atoms with E-state index in [0.717, 1.165) is 12.0 Å². The van der Waals surface area contributed by atoms with Crippen molar-refractivity contribution in [2.24, 2.45) is 0 Å². The van der Waals surface area contributed by atoms with E-state index in [9.17, 15) is 14.4 Å². The van der Waals surface area contributed by atoms with E-state index in [0.29, 0.717) is 23.7 Å². The number of anilines is 2. The minimum atomic E-state index is -0.742. The molecule has 0 atom stereocenters. The maximum atomic E-state index is 13.5. The number of hydrogen-bond donors (Lipinski definition) is 2. The van der Waals surface area contributed by atoms with Crippen molar-refractivity contribution < 1.29 is 9.21 Å². The zero-order chi connectivity index (χ0) is 22.7. The van der Waals surface area contributed by atoms with Crippen LogP contribution >= 0.6 is 22.7 Å². The number of aromatic amines is 1. The first-order valence-corrected chi connectivity index (χ1v) is 11.8. The van der Waals surface area contributed by atoms with Crippen LogP contribution in [0.25, 0.3) is 10.6 Å². The molecule has 4 heterocycles. The van der Waals surface area contributed by atoms with Crippen LogP contribution in [0.5, 0.6) is 0 Å². The highest BCUT2D eigenvalue weighted by Crippen LogP contribution is 2.28. The molecule has 0 spiro atoms. The molecule has 0 aliphatic carbocycles. The SMILES string of the molecule is CCCCn1c(N)c(N(Cc2ccco2)C(=O)c2csc(-c3ccsc3)n2)c(=O)[nH]c1=O. The number of amides is 1. The van der Waals surface area contributed by atoms with Gasteiger partial charge >= 0.3 is 5.69 Å². The number of furan rings is 1. The Labute approximate surface area is 190 Å². The summed E-state index contributed by atoms with van der Waals surface area (Å²) in [6.07, 6.45) is 3.00. The summed E-state index contributed by atoms with van der Waals surface area (Å²) >= 11 is 2.87. The lowest BCUT2D eigenvalue weighted by molar-refractivity contribution is 0.0979. The van der Waals surface area contributed by atoms with Gasteiger partial charge in [0.15, 0.2) is 5.69 Å². The number of nitrogens with two attached hydrogens (primary N) is 1. The monoisotopic (exact) mass is 471 g/mol. The highest BCUT2D eigenvalue weighted by atomic mass is 32.1. The number of nitrogens with zero attached hydrogens (tertiary/aromatic N) is 3. The van der Waals surface area contributed by atoms with E-state index < -0.39 is 17.2 Å². The molecule has 3 N–H and O–H groups in total. The van der Waals surface area contributed by atoms with Crippen molar-refractivity contribution in [3.8, 4) is 10.6 Å². The van der Waals surface area contributed by atoms with Crippen LogP contribution in [0.3, 0.4) is 0 Å². The first-order chi connectivity index (χ1) is 15.5. The Bertz CT molecular complexity index is 1320. The molecule has 0 radical (unpaired) electrons. The van der Waals surface area contributed by atoms with E-state index >= 15 is 0 Å². The van der Waals surface area contributed by atoms with Crippen LogP contribution in [0.2, 0.25) is 0 Å². The second-order valence-corrected chi connectivity index (χ2v) is 8.66. The fraction of sp³-hybridized carbons (Fsp3) is 0.238. The first-order valence-electron chi connectivity index (χ1n) is 9.94. The molecule has 0 aliphatic rings. The zero-order valence-electron chi connectivity index (χ0n) is 17.2. The zero-order valence-corrected chi connectivity index (χ0v) is 18.9. The van der Waals surface area contributed by atoms with E-state index in [1.165, 1.54) is 38.4 Å². The van der Waals surface area contributed by atoms with Crippen molar-refractivity contribution in [1.82, 2.24) is 14.5 Å². The highest BCUT2D eigenvalue weighted by molar-refractivity contribution is 7.14. The molecule has 0 saturated heterocycles. The van der Waals surface area contributed by atoms with Gasteiger partial charge in [-0.15, -0.1) is 11.3 Å². The normalized spacial score (nSPS) is 11.0. The first kappa shape index (κ1) is 21.8. The van der Waals surface area contributed by atoms with Crippen molar-refractivity contribution in [3.63, 3.8) is 0 Å². The maximum Gasteiger partial charge on any atom is 0.330 e. The van der Waals surface area contributed by atoms with Crippen LogP contribution in [0.4, 0.5) is 11.5 Å². The van der Waals surface area contributed by atoms with Gasteiger partial charge in [-0.05, 0) is 30.0 Å². The topological polar surface area (TPSA) is 127 Å². The van der Waals surface area contributed by atoms with E-state index in [1.807, 2.05) is 23.8 Å². The predicted octanol–water partition coefficient (Wildman–Crippen LogP) is 3.54. The van der Waals surface area contributed by atoms with Crippen LogP contribution in [-0.2, 0) is 13.1 Å². The summed E-state index contributed by atoms with van der Waals surface area (Å²) in [6.45, 7) is 2.26. The highest BCUT2D eigenvalue weighted by Gasteiger charge is 2.28. The summed E-state index contributed by atoms with van der Waals surface area (Å²) in [4.78, 5) is 46.6. The Kier molecular flexibility index (Phi) is 6.37. The molecule has 166 valence electrons. The third kappa shape index (κ3) is 4.30. The minimum absolute atomic E-state index is 0.0452. The average molecular weight is 472 g/mol. The lowest BCUT2D eigenvalue weighted by atomic mass is 10.2. The number of hydrogen-bond acceptors (Lipinski definition) is 8. The molecule has 0 saturated carbocycles. The van der Waals surface area contributed by atoms with Crippen LogP contribution in [-0.4, -0.2) is 20.4 Å². The second-order valence-electron chi connectivity index (χ2n) is 7.02. The summed E-state index contributed by atoms with van der Waals surface area (Å²) in [5.74, 6) is -0.130. The fourth-order valence-electron chi connectivity index (χ4n) is 3.22. The van der Waals surface area contributed by atoms with Crippen molar-refractivity contribution in [1.29, 1.82) is 0 Å². The number of unbranched alkanes of at least 4 members (excludes halogenated alkanes) is 1. The number of nitrogen functional groups attached to an aromatic ring is 1. The largest absolute Gasteiger partial charge is 0.467 e. The van der Waals surface area contributed by atoms with Gasteiger partial charge in [-0.3, -0.25) is 24.0 Å². The molecular weight excluding hydrogens is 450 g/mol. The Morgan fingerprint density at radius 1 is 1.31 bits per heavy atom. The van der Waals surface area contributed by atoms with Crippen molar-refractivity contribution in [2.75, 3.05) is 10.6 Å². The quantitative estimate of drug-likeness (QED) is 0.405. The van der Waals surface area contributed by atoms with E-state index in [4.69, 9.17) is 10.2 Å². The number of aromatic nitrogens is 3. The summed E-state index contributed by atoms with van der Waals surface area (Å²) < 4.78 is 6.68. The van der Waals surface area contributed by atoms with E-state index in [-0.39, 0.29) is 23.7 Å². The minimum Gasteiger partial charge on any atom is -0.467 e. The lowest BCUT2D eigenvalue weighted by Gasteiger charge is -2.23. The molecule has 0 aromatic carbocycles. The Morgan fingerprint density at radius 2 is 2.16 bits per heavy atom. The Morgan fingerprint density at radius 3 is 2.84 bits per heavy atom. The Balaban J connectivity index is 1.79. The van der Waals surface area contributed by atoms with Crippen molar-refractivity contribution >= 4 is 40.1 Å². The number of carbonyl (C=O) groups is 1. The molecule has 4 rings (SSSR count). The number of carbonyl (C=O) groups excluding carboxylic acids is 1. The molecule has 0 fully saturated rings. The molecule has 9 nitrogen and oxygen atoms in total. The molecule has 0 bridgehead atoms. The van der Waals surface area contributed by atoms with Gasteiger partial charge in [0.1, 0.15) is 22.3 Å². The average Bonchev–Trinajstić information content (AvgIpc) is 3.54. The van der Waals surface area contributed by atoms with Crippen LogP contribution in [0, 0.1) is 0 Å². The van der Waals surface area contributed by atoms with Gasteiger partial charge in [-0.25, -0.2) is 9.78 Å². The smallest absolute Gasteiger partial charge is 0.330 e. The molecule has 0 aliphatic heterocycles. The number of nitrogens with one attached hydrogen (secondary N) is 1. The summed E-state index contributed by atoms with van der Waals surface area (Å²) in [5, 5.41) is 6.21. The molecule has 0 unspecified atom stereocenters. The molecular formula is C21H21N5O4S2. The van der Waals surface area contributed by atoms with Crippen LogP contribution < -0.4 is 21.9 Å². The lowest BCUT2D eigenvalue weighted by Crippen LogP contribution is -2.41. The molecule has 32 heavy (non-hydrogen) atoms. The van der Waals surface area contributed by atoms with Crippen LogP contribution in [0.1, 0.15) is 36.0 Å². The van der Waals surface area contributed by atoms with Gasteiger partial charge < -0.3 is 10.2 Å². The van der Waals surface area contributed by atoms with Gasteiger partial charge in [-0.1, -0.05) is 13.3 Å². The van der Waals surface area contributed by atoms with Gasteiger partial charge in [-0.2, -0.15) is 11.3 Å². The van der Waals surface area contributed by atoms with Crippen molar-refractivity contribution in [3.05, 3.63) is 72.9 Å². The van der Waals surface area contributed by atoms with Crippen LogP contribution in [0.15, 0.2) is 54.6 Å². The summed E-state index contributed by atoms with van der Waals surface area (Å²) in [5.41, 5.74) is 5.89. The number of thiazole rings is 1. The number of H-pyrrole nitrogens is 1. The van der Waals surface area contributed by atoms with Gasteiger partial charge in [0.2, 0.25) is 0 Å². The van der Waals surface area contributed by atoms with E-state index in [1.54, 1.807) is 17.5 Å². The number of thiophene rings is 1. The summed E-state index contributed by atoms with van der Waals surface area (Å²) in [7, 11) is 0. The molecule has 4 aromatic rings. The predicted molar refractivity (Wildman–Crippen MR) is 125 cm³/mol. The standard InChI is InChI=1S/C21H21N5O4S2/c1-2-3-7-25-17(22)16(18(27)24-21(25)29)26(10-14-5-4-8-30-14)20(28)15-12-32-19(23-15)13-6-9-31-11-13/h4-6,8-9,11-12H,2-3,7,10,22H2,1H3,(H,24,27,29). The number of rotatable bonds is 8. The summed E-state index contributed by atoms with van der Waals surface area (Å²) in [6, 6.07) is 5.30. The van der Waals surface area contributed by atoms with Gasteiger partial charge in [0.05, 0.1) is 12.8 Å². The molecule has 11 heteroatoms. The third-order valence-corrected chi connectivity index (χ3v) is 6.42. The molecule has 4 aromatic heterocycles. The van der Waals surface area contributed by atoms with Crippen molar-refractivity contribution in [2.45, 2.75) is 32.9 Å². The molecule has 1 amide bonds.